The van der Waals surface area contributed by atoms with Crippen molar-refractivity contribution in [1.29, 1.82) is 0 Å². The van der Waals surface area contributed by atoms with Gasteiger partial charge in [-0.25, -0.2) is 0 Å². The van der Waals surface area contributed by atoms with E-state index in [0.29, 0.717) is 35.2 Å². The molecule has 6 atom stereocenters. The molecular formula is C47H56BrClN12O8S3. The van der Waals surface area contributed by atoms with Crippen molar-refractivity contribution < 1.29 is 38.4 Å². The van der Waals surface area contributed by atoms with Gasteiger partial charge in [0.2, 0.25) is 47.3 Å². The fourth-order valence-corrected chi connectivity index (χ4v) is 12.3. The fourth-order valence-electron chi connectivity index (χ4n) is 8.54. The van der Waals surface area contributed by atoms with Gasteiger partial charge in [-0.05, 0) is 84.8 Å². The molecule has 20 nitrogen and oxygen atoms in total. The normalized spacial score (nSPS) is 22.9. The number of amides is 8. The summed E-state index contributed by atoms with van der Waals surface area (Å²) >= 11 is 13.6. The SMILES string of the molecule is Cc1sc2c(c1C)C(c1ccc(Cl)cc1)=N[C@@H](CC(=O)NC[C@H]1NC(=O)CNC(=O)[C@H](Cc3ccc(Br)s3)NC(=O)[C@@H]3CCCN3C(=O)C(C(C)(C)C)NC(=O)CSC[C@H](C(N)=O)NC1=O)c1nnc(C)n1-2. The number of hydrogen-bond donors (Lipinski definition) is 7. The lowest BCUT2D eigenvalue weighted by molar-refractivity contribution is -0.144. The topological polar surface area (TPSA) is 281 Å². The molecule has 0 spiro atoms. The predicted octanol–water partition coefficient (Wildman–Crippen LogP) is 2.70. The summed E-state index contributed by atoms with van der Waals surface area (Å²) in [6.45, 7) is 10.2. The lowest BCUT2D eigenvalue weighted by Crippen LogP contribution is -2.59. The molecule has 4 aromatic rings. The van der Waals surface area contributed by atoms with Crippen LogP contribution in [0, 0.1) is 26.2 Å². The number of nitrogens with zero attached hydrogens (tertiary/aromatic N) is 5. The van der Waals surface area contributed by atoms with E-state index in [1.54, 1.807) is 63.3 Å². The van der Waals surface area contributed by atoms with Crippen LogP contribution in [-0.2, 0) is 44.8 Å². The second-order valence-corrected chi connectivity index (χ2v) is 24.0. The molecule has 3 aromatic heterocycles. The summed E-state index contributed by atoms with van der Waals surface area (Å²) in [4.78, 5) is 119. The van der Waals surface area contributed by atoms with E-state index in [-0.39, 0.29) is 30.9 Å². The zero-order chi connectivity index (χ0) is 52.2. The first kappa shape index (κ1) is 54.1. The highest BCUT2D eigenvalue weighted by molar-refractivity contribution is 9.11. The molecule has 2 fully saturated rings. The number of nitrogens with one attached hydrogen (secondary N) is 6. The van der Waals surface area contributed by atoms with Crippen LogP contribution in [0.1, 0.15) is 84.2 Å². The number of carbonyl (C=O) groups is 8. The molecule has 2 saturated heterocycles. The predicted molar refractivity (Wildman–Crippen MR) is 278 cm³/mol. The van der Waals surface area contributed by atoms with Crippen molar-refractivity contribution in [3.8, 4) is 5.00 Å². The Kier molecular flexibility index (Phi) is 17.3. The van der Waals surface area contributed by atoms with Crippen LogP contribution in [0.5, 0.6) is 0 Å². The van der Waals surface area contributed by atoms with Crippen LogP contribution in [0.4, 0.5) is 0 Å². The maximum Gasteiger partial charge on any atom is 0.246 e. The molecule has 384 valence electrons. The van der Waals surface area contributed by atoms with E-state index in [9.17, 15) is 38.4 Å². The van der Waals surface area contributed by atoms with E-state index >= 15 is 0 Å². The average Bonchev–Trinajstić information content (AvgIpc) is 4.11. The smallest absolute Gasteiger partial charge is 0.246 e. The molecule has 3 aliphatic rings. The van der Waals surface area contributed by atoms with E-state index in [0.717, 1.165) is 47.0 Å². The number of benzene rings is 1. The molecule has 6 heterocycles. The third-order valence-electron chi connectivity index (χ3n) is 12.4. The Bertz CT molecular complexity index is 2810. The van der Waals surface area contributed by atoms with Crippen LogP contribution >= 0.6 is 62.0 Å². The first-order valence-electron chi connectivity index (χ1n) is 23.1. The van der Waals surface area contributed by atoms with E-state index in [1.807, 2.05) is 30.5 Å². The van der Waals surface area contributed by atoms with Gasteiger partial charge in [-0.2, -0.15) is 0 Å². The number of carbonyl (C=O) groups excluding carboxylic acids is 8. The third kappa shape index (κ3) is 12.7. The van der Waals surface area contributed by atoms with E-state index < -0.39 is 102 Å². The highest BCUT2D eigenvalue weighted by Crippen LogP contribution is 2.40. The molecule has 8 amide bonds. The summed E-state index contributed by atoms with van der Waals surface area (Å²) in [6.07, 6.45) is 0.577. The first-order chi connectivity index (χ1) is 34.1. The van der Waals surface area contributed by atoms with Crippen LogP contribution in [0.3, 0.4) is 0 Å². The van der Waals surface area contributed by atoms with Gasteiger partial charge in [-0.1, -0.05) is 44.5 Å². The van der Waals surface area contributed by atoms with Gasteiger partial charge in [-0.15, -0.1) is 44.6 Å². The number of primary amides is 1. The summed E-state index contributed by atoms with van der Waals surface area (Å²) in [6, 6.07) is 3.82. The van der Waals surface area contributed by atoms with Gasteiger partial charge in [-0.3, -0.25) is 47.9 Å². The number of aryl methyl sites for hydroxylation is 2. The zero-order valence-electron chi connectivity index (χ0n) is 40.4. The van der Waals surface area contributed by atoms with Crippen LogP contribution in [-0.4, -0.2) is 134 Å². The monoisotopic (exact) mass is 1130 g/mol. The Balaban J connectivity index is 1.15. The lowest BCUT2D eigenvalue weighted by atomic mass is 9.85. The number of thioether (sulfide) groups is 1. The van der Waals surface area contributed by atoms with Gasteiger partial charge in [0.1, 0.15) is 47.1 Å². The average molecular weight is 1130 g/mol. The minimum Gasteiger partial charge on any atom is -0.368 e. The Morgan fingerprint density at radius 1 is 0.903 bits per heavy atom. The maximum atomic E-state index is 14.2. The van der Waals surface area contributed by atoms with Crippen molar-refractivity contribution in [3.05, 3.63) is 83.3 Å². The molecule has 0 aliphatic carbocycles. The zero-order valence-corrected chi connectivity index (χ0v) is 45.1. The second kappa shape index (κ2) is 23.0. The van der Waals surface area contributed by atoms with Crippen molar-refractivity contribution in [1.82, 2.24) is 51.6 Å². The number of nitrogens with two attached hydrogens (primary N) is 1. The van der Waals surface area contributed by atoms with Crippen molar-refractivity contribution >= 4 is 115 Å². The number of halogens is 2. The van der Waals surface area contributed by atoms with Crippen molar-refractivity contribution in [2.24, 2.45) is 16.1 Å². The Hall–Kier alpha value is -5.69. The number of aliphatic imine (C=N–C) groups is 1. The number of fused-ring (bicyclic) bond motifs is 4. The Morgan fingerprint density at radius 2 is 1.64 bits per heavy atom. The molecular weight excluding hydrogens is 1070 g/mol. The summed E-state index contributed by atoms with van der Waals surface area (Å²) in [5.41, 5.74) is 8.17. The molecule has 25 heteroatoms. The van der Waals surface area contributed by atoms with E-state index in [2.05, 4.69) is 58.0 Å². The molecule has 1 aromatic carbocycles. The molecule has 0 saturated carbocycles. The highest BCUT2D eigenvalue weighted by atomic mass is 79.9. The largest absolute Gasteiger partial charge is 0.368 e. The minimum absolute atomic E-state index is 0.0373. The fraction of sp³-hybridized carbons (Fsp3) is 0.468. The Morgan fingerprint density at radius 3 is 2.32 bits per heavy atom. The highest BCUT2D eigenvalue weighted by Gasteiger charge is 2.43. The summed E-state index contributed by atoms with van der Waals surface area (Å²) in [7, 11) is 0. The van der Waals surface area contributed by atoms with Gasteiger partial charge in [0, 0.05) is 51.2 Å². The van der Waals surface area contributed by atoms with E-state index in [4.69, 9.17) is 22.3 Å². The number of hydrogen-bond acceptors (Lipinski definition) is 14. The van der Waals surface area contributed by atoms with Gasteiger partial charge < -0.3 is 42.5 Å². The van der Waals surface area contributed by atoms with Gasteiger partial charge >= 0.3 is 0 Å². The summed E-state index contributed by atoms with van der Waals surface area (Å²) < 4.78 is 2.67. The van der Waals surface area contributed by atoms with Crippen molar-refractivity contribution in [2.45, 2.75) is 103 Å². The second-order valence-electron chi connectivity index (χ2n) is 18.8. The van der Waals surface area contributed by atoms with Crippen molar-refractivity contribution in [2.75, 3.05) is 31.1 Å². The van der Waals surface area contributed by atoms with Gasteiger partial charge in [0.05, 0.1) is 28.2 Å². The number of thiophene rings is 2. The van der Waals surface area contributed by atoms with Crippen LogP contribution in [0.15, 0.2) is 45.2 Å². The minimum atomic E-state index is -1.53. The van der Waals surface area contributed by atoms with Gasteiger partial charge in [0.25, 0.3) is 0 Å². The molecule has 7 rings (SSSR count). The standard InChI is InChI=1S/C47H56BrClN12O8S3/c1-22-23(2)71-46-37(22)38(25-9-11-26(49)12-10-25)54-28(41-59-58-24(3)61(41)46)17-34(62)51-18-30-43(67)56-31(40(50)65)20-70-21-36(64)57-39(47(4,5)6)45(69)60-15-7-8-32(60)44(68)55-29(16-27-13-14-33(48)72-27)42(66)52-19-35(63)53-30/h9-14,28-32,39H,7-8,15-21H2,1-6H3,(H2,50,65)(H,51,62)(H,52,66)(H,53,63)(H,55,68)(H,56,67)(H,57,64)/t28-,29-,30+,31+,32-,39?/m0/s1. The molecule has 0 radical (unpaired) electrons. The molecule has 72 heavy (non-hydrogen) atoms. The summed E-state index contributed by atoms with van der Waals surface area (Å²) in [5.74, 6) is -5.05. The number of aromatic nitrogens is 3. The molecule has 3 aliphatic heterocycles. The quantitative estimate of drug-likeness (QED) is 0.135. The third-order valence-corrected chi connectivity index (χ3v) is 16.5. The molecule has 8 N–H and O–H groups in total. The van der Waals surface area contributed by atoms with Crippen LogP contribution < -0.4 is 37.6 Å². The first-order valence-corrected chi connectivity index (χ1v) is 27.1. The summed E-state index contributed by atoms with van der Waals surface area (Å²) in [5, 5.41) is 26.2. The van der Waals surface area contributed by atoms with Crippen LogP contribution in [0.2, 0.25) is 5.02 Å². The lowest BCUT2D eigenvalue weighted by Gasteiger charge is -2.35. The Labute approximate surface area is 441 Å². The van der Waals surface area contributed by atoms with Crippen molar-refractivity contribution in [3.63, 3.8) is 0 Å². The molecule has 1 unspecified atom stereocenters. The van der Waals surface area contributed by atoms with E-state index in [1.165, 1.54) is 16.2 Å². The number of rotatable bonds is 8. The maximum absolute atomic E-state index is 14.2. The van der Waals surface area contributed by atoms with Crippen LogP contribution in [0.25, 0.3) is 5.00 Å². The van der Waals surface area contributed by atoms with Gasteiger partial charge in [0.15, 0.2) is 5.82 Å². The molecule has 0 bridgehead atoms.